The monoisotopic (exact) mass is 389 g/mol. The topological polar surface area (TPSA) is 118 Å². The molecule has 0 aliphatic rings. The van der Waals surface area contributed by atoms with E-state index < -0.39 is 10.0 Å². The summed E-state index contributed by atoms with van der Waals surface area (Å²) in [7, 11) is -3.71. The molecule has 0 aliphatic carbocycles. The molecule has 27 heavy (non-hydrogen) atoms. The highest BCUT2D eigenvalue weighted by molar-refractivity contribution is 7.89. The standard InChI is InChI=1S/C19H23N3O4S/c1-14-3-2-4-16(11-14)13-22-19(24)12-18(23)21-10-9-15-5-7-17(8-6-15)27(20,25)26/h2-8,11H,9-10,12-13H2,1H3,(H,21,23)(H,22,24)(H2,20,25,26). The molecule has 2 rings (SSSR count). The largest absolute Gasteiger partial charge is 0.355 e. The highest BCUT2D eigenvalue weighted by Gasteiger charge is 2.09. The van der Waals surface area contributed by atoms with E-state index in [2.05, 4.69) is 10.6 Å². The van der Waals surface area contributed by atoms with Gasteiger partial charge in [0.2, 0.25) is 21.8 Å². The SMILES string of the molecule is Cc1cccc(CNC(=O)CC(=O)NCCc2ccc(S(N)(=O)=O)cc2)c1. The van der Waals surface area contributed by atoms with E-state index >= 15 is 0 Å². The molecule has 0 aromatic heterocycles. The van der Waals surface area contributed by atoms with Crippen LogP contribution in [0.15, 0.2) is 53.4 Å². The minimum Gasteiger partial charge on any atom is -0.355 e. The Morgan fingerprint density at radius 1 is 0.963 bits per heavy atom. The molecule has 2 aromatic rings. The highest BCUT2D eigenvalue weighted by atomic mass is 32.2. The molecular weight excluding hydrogens is 366 g/mol. The Morgan fingerprint density at radius 2 is 1.63 bits per heavy atom. The van der Waals surface area contributed by atoms with Crippen LogP contribution in [0.2, 0.25) is 0 Å². The van der Waals surface area contributed by atoms with Gasteiger partial charge in [0.15, 0.2) is 0 Å². The van der Waals surface area contributed by atoms with Gasteiger partial charge in [0, 0.05) is 13.1 Å². The first-order valence-electron chi connectivity index (χ1n) is 8.45. The molecule has 0 fully saturated rings. The van der Waals surface area contributed by atoms with E-state index in [0.29, 0.717) is 19.5 Å². The Morgan fingerprint density at radius 3 is 2.26 bits per heavy atom. The summed E-state index contributed by atoms with van der Waals surface area (Å²) in [6, 6.07) is 13.9. The van der Waals surface area contributed by atoms with Crippen molar-refractivity contribution in [2.75, 3.05) is 6.54 Å². The van der Waals surface area contributed by atoms with Crippen LogP contribution in [0.1, 0.15) is 23.1 Å². The van der Waals surface area contributed by atoms with Gasteiger partial charge >= 0.3 is 0 Å². The van der Waals surface area contributed by atoms with Crippen molar-refractivity contribution in [1.82, 2.24) is 10.6 Å². The van der Waals surface area contributed by atoms with E-state index in [1.807, 2.05) is 31.2 Å². The lowest BCUT2D eigenvalue weighted by Crippen LogP contribution is -2.32. The summed E-state index contributed by atoms with van der Waals surface area (Å²) in [5.41, 5.74) is 2.94. The second-order valence-corrected chi connectivity index (χ2v) is 7.79. The zero-order valence-corrected chi connectivity index (χ0v) is 15.9. The van der Waals surface area contributed by atoms with Gasteiger partial charge in [0.05, 0.1) is 4.90 Å². The third kappa shape index (κ3) is 7.20. The molecule has 4 N–H and O–H groups in total. The third-order valence-electron chi connectivity index (χ3n) is 3.88. The molecule has 7 nitrogen and oxygen atoms in total. The van der Waals surface area contributed by atoms with Crippen molar-refractivity contribution in [3.63, 3.8) is 0 Å². The summed E-state index contributed by atoms with van der Waals surface area (Å²) >= 11 is 0. The van der Waals surface area contributed by atoms with Crippen LogP contribution in [0.5, 0.6) is 0 Å². The fourth-order valence-electron chi connectivity index (χ4n) is 2.49. The van der Waals surface area contributed by atoms with E-state index in [4.69, 9.17) is 5.14 Å². The fourth-order valence-corrected chi connectivity index (χ4v) is 3.00. The van der Waals surface area contributed by atoms with Crippen molar-refractivity contribution in [2.45, 2.75) is 31.2 Å². The number of rotatable bonds is 8. The lowest BCUT2D eigenvalue weighted by Gasteiger charge is -2.08. The number of nitrogens with one attached hydrogen (secondary N) is 2. The maximum Gasteiger partial charge on any atom is 0.238 e. The highest BCUT2D eigenvalue weighted by Crippen LogP contribution is 2.09. The molecule has 0 saturated carbocycles. The maximum atomic E-state index is 11.8. The van der Waals surface area contributed by atoms with Crippen molar-refractivity contribution < 1.29 is 18.0 Å². The Bertz CT molecular complexity index is 909. The summed E-state index contributed by atoms with van der Waals surface area (Å²) in [5.74, 6) is -0.704. The lowest BCUT2D eigenvalue weighted by molar-refractivity contribution is -0.129. The average molecular weight is 389 g/mol. The van der Waals surface area contributed by atoms with E-state index in [0.717, 1.165) is 16.7 Å². The Kier molecular flexibility index (Phi) is 7.09. The zero-order valence-electron chi connectivity index (χ0n) is 15.1. The number of hydrogen-bond donors (Lipinski definition) is 3. The molecule has 0 saturated heterocycles. The van der Waals surface area contributed by atoms with Crippen LogP contribution in [0.3, 0.4) is 0 Å². The van der Waals surface area contributed by atoms with Crippen molar-refractivity contribution in [3.05, 3.63) is 65.2 Å². The van der Waals surface area contributed by atoms with Crippen LogP contribution < -0.4 is 15.8 Å². The summed E-state index contributed by atoms with van der Waals surface area (Å²) in [6.45, 7) is 2.70. The van der Waals surface area contributed by atoms with Crippen LogP contribution in [0.25, 0.3) is 0 Å². The van der Waals surface area contributed by atoms with Gasteiger partial charge in [-0.15, -0.1) is 0 Å². The van der Waals surface area contributed by atoms with Crippen LogP contribution in [0.4, 0.5) is 0 Å². The first-order valence-corrected chi connectivity index (χ1v) is 9.99. The van der Waals surface area contributed by atoms with Gasteiger partial charge in [-0.05, 0) is 36.6 Å². The minimum atomic E-state index is -3.71. The first-order chi connectivity index (χ1) is 12.7. The van der Waals surface area contributed by atoms with Gasteiger partial charge in [0.25, 0.3) is 0 Å². The van der Waals surface area contributed by atoms with Gasteiger partial charge in [-0.2, -0.15) is 0 Å². The summed E-state index contributed by atoms with van der Waals surface area (Å²) in [6.07, 6.45) is 0.276. The number of nitrogens with two attached hydrogens (primary N) is 1. The molecule has 0 atom stereocenters. The first kappa shape index (κ1) is 20.6. The molecule has 0 spiro atoms. The molecule has 0 bridgehead atoms. The Labute approximate surface area is 159 Å². The van der Waals surface area contributed by atoms with E-state index in [1.54, 1.807) is 12.1 Å². The van der Waals surface area contributed by atoms with Gasteiger partial charge in [-0.3, -0.25) is 9.59 Å². The quantitative estimate of drug-likeness (QED) is 0.584. The normalized spacial score (nSPS) is 11.0. The second kappa shape index (κ2) is 9.29. The Hall–Kier alpha value is -2.71. The second-order valence-electron chi connectivity index (χ2n) is 6.23. The number of hydrogen-bond acceptors (Lipinski definition) is 4. The van der Waals surface area contributed by atoms with Crippen LogP contribution >= 0.6 is 0 Å². The van der Waals surface area contributed by atoms with Crippen molar-refractivity contribution in [3.8, 4) is 0 Å². The summed E-state index contributed by atoms with van der Waals surface area (Å²) in [4.78, 5) is 23.7. The van der Waals surface area contributed by atoms with Crippen LogP contribution in [-0.2, 0) is 32.6 Å². The molecule has 8 heteroatoms. The van der Waals surface area contributed by atoms with Crippen LogP contribution in [0, 0.1) is 6.92 Å². The molecule has 144 valence electrons. The van der Waals surface area contributed by atoms with E-state index in [9.17, 15) is 18.0 Å². The number of primary sulfonamides is 1. The van der Waals surface area contributed by atoms with Gasteiger partial charge in [0.1, 0.15) is 6.42 Å². The predicted molar refractivity (Wildman–Crippen MR) is 102 cm³/mol. The lowest BCUT2D eigenvalue weighted by atomic mass is 10.1. The van der Waals surface area contributed by atoms with Crippen molar-refractivity contribution in [1.29, 1.82) is 0 Å². The maximum absolute atomic E-state index is 11.8. The molecule has 0 unspecified atom stereocenters. The zero-order chi connectivity index (χ0) is 19.9. The average Bonchev–Trinajstić information content (AvgIpc) is 2.60. The molecule has 2 amide bonds. The van der Waals surface area contributed by atoms with Gasteiger partial charge < -0.3 is 10.6 Å². The number of aryl methyl sites for hydroxylation is 1. The van der Waals surface area contributed by atoms with Gasteiger partial charge in [-0.25, -0.2) is 13.6 Å². The van der Waals surface area contributed by atoms with E-state index in [-0.39, 0.29) is 23.1 Å². The third-order valence-corrected chi connectivity index (χ3v) is 4.81. The molecule has 0 radical (unpaired) electrons. The summed E-state index contributed by atoms with van der Waals surface area (Å²) in [5, 5.41) is 10.4. The minimum absolute atomic E-state index is 0.0422. The number of carbonyl (C=O) groups is 2. The number of carbonyl (C=O) groups excluding carboxylic acids is 2. The van der Waals surface area contributed by atoms with Crippen LogP contribution in [-0.4, -0.2) is 26.8 Å². The molecule has 2 aromatic carbocycles. The Balaban J connectivity index is 1.70. The molecular formula is C19H23N3O4S. The molecule has 0 aliphatic heterocycles. The summed E-state index contributed by atoms with van der Waals surface area (Å²) < 4.78 is 22.4. The predicted octanol–water partition coefficient (Wildman–Crippen LogP) is 1.01. The molecule has 0 heterocycles. The number of sulfonamides is 1. The van der Waals surface area contributed by atoms with Crippen molar-refractivity contribution >= 4 is 21.8 Å². The van der Waals surface area contributed by atoms with E-state index in [1.165, 1.54) is 12.1 Å². The number of amides is 2. The van der Waals surface area contributed by atoms with Crippen molar-refractivity contribution in [2.24, 2.45) is 5.14 Å². The smallest absolute Gasteiger partial charge is 0.238 e. The number of benzene rings is 2. The fraction of sp³-hybridized carbons (Fsp3) is 0.263. The van der Waals surface area contributed by atoms with Gasteiger partial charge in [-0.1, -0.05) is 42.0 Å².